The van der Waals surface area contributed by atoms with Gasteiger partial charge < -0.3 is 4.57 Å². The molecule has 4 nitrogen and oxygen atoms in total. The van der Waals surface area contributed by atoms with Gasteiger partial charge in [-0.05, 0) is 65.8 Å². The molecule has 0 atom stereocenters. The van der Waals surface area contributed by atoms with Gasteiger partial charge in [0.2, 0.25) is 0 Å². The van der Waals surface area contributed by atoms with Crippen molar-refractivity contribution >= 4 is 79.4 Å². The summed E-state index contributed by atoms with van der Waals surface area (Å²) in [6, 6.07) is 98.4. The second-order valence-electron chi connectivity index (χ2n) is 17.9. The Morgan fingerprint density at radius 3 is 1.13 bits per heavy atom. The van der Waals surface area contributed by atoms with Crippen LogP contribution in [0.1, 0.15) is 0 Å². The predicted octanol–water partition coefficient (Wildman–Crippen LogP) is 9.04. The van der Waals surface area contributed by atoms with Gasteiger partial charge in [0.25, 0.3) is 0 Å². The molecule has 0 saturated carbocycles. The molecule has 0 amide bonds. The maximum absolute atomic E-state index is 5.14. The first-order chi connectivity index (χ1) is 34.2. The zero-order valence-electron chi connectivity index (χ0n) is 37.7. The molecule has 0 bridgehead atoms. The Morgan fingerprint density at radius 1 is 0.261 bits per heavy atom. The van der Waals surface area contributed by atoms with Gasteiger partial charge >= 0.3 is 0 Å². The van der Waals surface area contributed by atoms with Crippen molar-refractivity contribution in [3.63, 3.8) is 0 Å². The molecule has 324 valence electrons. The van der Waals surface area contributed by atoms with Crippen molar-refractivity contribution in [2.24, 2.45) is 0 Å². The van der Waals surface area contributed by atoms with E-state index in [1.165, 1.54) is 52.3 Å². The molecular formula is C63H44N4Si2. The summed E-state index contributed by atoms with van der Waals surface area (Å²) in [7, 11) is -5.92. The van der Waals surface area contributed by atoms with Crippen molar-refractivity contribution < 1.29 is 0 Å². The largest absolute Gasteiger partial charge is 0.309 e. The van der Waals surface area contributed by atoms with E-state index in [-0.39, 0.29) is 0 Å². The molecule has 0 N–H and O–H groups in total. The lowest BCUT2D eigenvalue weighted by molar-refractivity contribution is 1.07. The van der Waals surface area contributed by atoms with Crippen molar-refractivity contribution in [2.45, 2.75) is 0 Å². The predicted molar refractivity (Wildman–Crippen MR) is 291 cm³/mol. The van der Waals surface area contributed by atoms with E-state index in [9.17, 15) is 0 Å². The maximum atomic E-state index is 5.14. The normalized spacial score (nSPS) is 13.4. The summed E-state index contributed by atoms with van der Waals surface area (Å²) in [6.45, 7) is 0. The molecule has 1 aliphatic heterocycles. The molecule has 12 aromatic rings. The third kappa shape index (κ3) is 6.37. The van der Waals surface area contributed by atoms with Gasteiger partial charge in [-0.15, -0.1) is 0 Å². The van der Waals surface area contributed by atoms with Crippen molar-refractivity contribution in [1.29, 1.82) is 0 Å². The van der Waals surface area contributed by atoms with Crippen molar-refractivity contribution in [3.05, 3.63) is 267 Å². The zero-order valence-corrected chi connectivity index (χ0v) is 39.7. The van der Waals surface area contributed by atoms with Gasteiger partial charge in [0, 0.05) is 33.2 Å². The minimum absolute atomic E-state index is 0.626. The van der Waals surface area contributed by atoms with Gasteiger partial charge in [0.15, 0.2) is 33.6 Å². The third-order valence-electron chi connectivity index (χ3n) is 14.3. The van der Waals surface area contributed by atoms with E-state index >= 15 is 0 Å². The molecule has 0 spiro atoms. The van der Waals surface area contributed by atoms with Crippen molar-refractivity contribution in [2.75, 3.05) is 0 Å². The van der Waals surface area contributed by atoms with Crippen molar-refractivity contribution in [3.8, 4) is 39.9 Å². The number of rotatable bonds is 8. The van der Waals surface area contributed by atoms with Gasteiger partial charge in [-0.1, -0.05) is 243 Å². The molecule has 13 rings (SSSR count). The molecule has 0 aliphatic carbocycles. The average Bonchev–Trinajstić information content (AvgIpc) is 3.77. The first-order valence-electron chi connectivity index (χ1n) is 23.6. The van der Waals surface area contributed by atoms with Crippen LogP contribution in [-0.4, -0.2) is 35.7 Å². The monoisotopic (exact) mass is 912 g/mol. The average molecular weight is 913 g/mol. The quantitative estimate of drug-likeness (QED) is 0.143. The third-order valence-corrected chi connectivity index (χ3v) is 24.5. The Balaban J connectivity index is 1.08. The first-order valence-corrected chi connectivity index (χ1v) is 27.6. The van der Waals surface area contributed by atoms with E-state index < -0.39 is 16.1 Å². The van der Waals surface area contributed by atoms with Crippen LogP contribution in [0.4, 0.5) is 0 Å². The number of benzene rings is 10. The first kappa shape index (κ1) is 40.7. The highest BCUT2D eigenvalue weighted by atomic mass is 28.3. The highest BCUT2D eigenvalue weighted by Gasteiger charge is 2.56. The highest BCUT2D eigenvalue weighted by molar-refractivity contribution is 7.32. The van der Waals surface area contributed by atoms with Crippen molar-refractivity contribution in [1.82, 2.24) is 19.5 Å². The molecular weight excluding hydrogens is 869 g/mol. The Morgan fingerprint density at radius 2 is 0.638 bits per heavy atom. The van der Waals surface area contributed by atoms with Gasteiger partial charge in [-0.3, -0.25) is 0 Å². The molecule has 0 saturated heterocycles. The molecule has 2 aromatic heterocycles. The van der Waals surface area contributed by atoms with Gasteiger partial charge in [0.05, 0.1) is 11.0 Å². The molecule has 1 aliphatic rings. The topological polar surface area (TPSA) is 43.6 Å². The molecule has 69 heavy (non-hydrogen) atoms. The van der Waals surface area contributed by atoms with Crippen LogP contribution in [-0.2, 0) is 0 Å². The highest BCUT2D eigenvalue weighted by Crippen LogP contribution is 2.34. The second kappa shape index (κ2) is 16.6. The smallest absolute Gasteiger partial charge is 0.179 e. The van der Waals surface area contributed by atoms with Crippen LogP contribution < -0.4 is 41.5 Å². The zero-order chi connectivity index (χ0) is 45.8. The summed E-state index contributed by atoms with van der Waals surface area (Å²) >= 11 is 0. The fourth-order valence-electron chi connectivity index (χ4n) is 11.4. The Labute approximate surface area is 403 Å². The summed E-state index contributed by atoms with van der Waals surface area (Å²) in [5.41, 5.74) is 6.15. The number of nitrogens with zero attached hydrogens (tertiary/aromatic N) is 4. The summed E-state index contributed by atoms with van der Waals surface area (Å²) in [4.78, 5) is 15.3. The van der Waals surface area contributed by atoms with Gasteiger partial charge in [0.1, 0.15) is 0 Å². The molecule has 10 aromatic carbocycles. The van der Waals surface area contributed by atoms with E-state index in [2.05, 4.69) is 235 Å². The van der Waals surface area contributed by atoms with E-state index in [0.29, 0.717) is 17.5 Å². The summed E-state index contributed by atoms with van der Waals surface area (Å²) in [5, 5.41) is 13.8. The summed E-state index contributed by atoms with van der Waals surface area (Å²) in [6.07, 6.45) is 0. The van der Waals surface area contributed by atoms with Gasteiger partial charge in [-0.25, -0.2) is 15.0 Å². The minimum Gasteiger partial charge on any atom is -0.309 e. The maximum Gasteiger partial charge on any atom is 0.179 e. The Bertz CT molecular complexity index is 3690. The van der Waals surface area contributed by atoms with E-state index in [1.54, 1.807) is 0 Å². The van der Waals surface area contributed by atoms with Crippen LogP contribution in [0.5, 0.6) is 0 Å². The van der Waals surface area contributed by atoms with E-state index in [1.807, 2.05) is 36.4 Å². The molecule has 6 heteroatoms. The Kier molecular flexibility index (Phi) is 9.82. The number of fused-ring (bicyclic) bond motifs is 5. The standard InChI is InChI=1S/C63H44N4Si2/c1-6-23-45(24-7-1)61-64-62(46-25-8-2-9-26-46)66-63(65-61)47-27-22-28-48(43-47)67-55-36-17-16-35-53(55)54-42-41-52(44-56(54)67)69(51-33-14-5-15-34-51)59-39-20-18-37-57(59)68(49-29-10-3-11-30-49,50-31-12-4-13-32-50)58-38-19-21-40-60(58)69/h1-44H. The number of para-hydroxylation sites is 1. The fraction of sp³-hybridized carbons (Fsp3) is 0. The summed E-state index contributed by atoms with van der Waals surface area (Å²) in [5.74, 6) is 1.91. The lowest BCUT2D eigenvalue weighted by Crippen LogP contribution is -2.93. The van der Waals surface area contributed by atoms with E-state index in [0.717, 1.165) is 33.4 Å². The van der Waals surface area contributed by atoms with Crippen LogP contribution in [0.3, 0.4) is 0 Å². The van der Waals surface area contributed by atoms with Crippen LogP contribution >= 0.6 is 0 Å². The lowest BCUT2D eigenvalue weighted by atomic mass is 10.1. The number of hydrogen-bond acceptors (Lipinski definition) is 3. The second-order valence-corrected chi connectivity index (χ2v) is 25.3. The van der Waals surface area contributed by atoms with Gasteiger partial charge in [-0.2, -0.15) is 0 Å². The number of aromatic nitrogens is 4. The SMILES string of the molecule is c1ccc(-c2nc(-c3ccccc3)nc(-c3cccc(-n4c5ccccc5c5ccc([Si]6(c7ccccc7)c7ccccc7[Si](c7ccccc7)(c7ccccc7)c7ccccc76)cc54)c3)n2)cc1. The minimum atomic E-state index is -3.07. The van der Waals surface area contributed by atoms with Crippen LogP contribution in [0, 0.1) is 0 Å². The van der Waals surface area contributed by atoms with Crippen LogP contribution in [0.15, 0.2) is 267 Å². The van der Waals surface area contributed by atoms with E-state index in [4.69, 9.17) is 15.0 Å². The Hall–Kier alpha value is -8.56. The van der Waals surface area contributed by atoms with Crippen LogP contribution in [0.2, 0.25) is 0 Å². The molecule has 0 radical (unpaired) electrons. The fourth-order valence-corrected chi connectivity index (χ4v) is 23.5. The molecule has 0 unspecified atom stereocenters. The number of hydrogen-bond donors (Lipinski definition) is 0. The van der Waals surface area contributed by atoms with Crippen LogP contribution in [0.25, 0.3) is 61.7 Å². The molecule has 3 heterocycles. The lowest BCUT2D eigenvalue weighted by Gasteiger charge is -2.48. The summed E-state index contributed by atoms with van der Waals surface area (Å²) < 4.78 is 2.45. The molecule has 0 fully saturated rings.